The predicted molar refractivity (Wildman–Crippen MR) is 77.7 cm³/mol. The van der Waals surface area contributed by atoms with Crippen LogP contribution in [-0.2, 0) is 0 Å². The SMILES string of the molecule is CCCC1CN=C(NC2CCC(C)CC2C)S1. The lowest BCUT2D eigenvalue weighted by Crippen LogP contribution is -2.41. The molecule has 2 aliphatic rings. The molecule has 3 heteroatoms. The van der Waals surface area contributed by atoms with Crippen molar-refractivity contribution in [1.82, 2.24) is 5.32 Å². The third kappa shape index (κ3) is 3.64. The van der Waals surface area contributed by atoms with Crippen LogP contribution < -0.4 is 5.32 Å². The average Bonchev–Trinajstić information content (AvgIpc) is 2.71. The van der Waals surface area contributed by atoms with Gasteiger partial charge in [0.25, 0.3) is 0 Å². The minimum absolute atomic E-state index is 0.665. The van der Waals surface area contributed by atoms with Gasteiger partial charge in [0.15, 0.2) is 5.17 Å². The number of aliphatic imine (C=N–C) groups is 1. The minimum Gasteiger partial charge on any atom is -0.362 e. The number of thioether (sulfide) groups is 1. The highest BCUT2D eigenvalue weighted by Crippen LogP contribution is 2.30. The summed E-state index contributed by atoms with van der Waals surface area (Å²) >= 11 is 1.97. The number of nitrogens with one attached hydrogen (secondary N) is 1. The number of rotatable bonds is 3. The number of hydrogen-bond donors (Lipinski definition) is 1. The molecule has 4 atom stereocenters. The maximum absolute atomic E-state index is 4.65. The highest BCUT2D eigenvalue weighted by Gasteiger charge is 2.28. The number of hydrogen-bond acceptors (Lipinski definition) is 3. The first-order valence-electron chi connectivity index (χ1n) is 7.16. The molecule has 17 heavy (non-hydrogen) atoms. The van der Waals surface area contributed by atoms with Gasteiger partial charge in [0, 0.05) is 11.3 Å². The van der Waals surface area contributed by atoms with E-state index in [4.69, 9.17) is 0 Å². The highest BCUT2D eigenvalue weighted by molar-refractivity contribution is 8.14. The lowest BCUT2D eigenvalue weighted by atomic mass is 9.80. The molecule has 0 aromatic rings. The quantitative estimate of drug-likeness (QED) is 0.831. The molecule has 0 saturated heterocycles. The second-order valence-electron chi connectivity index (χ2n) is 5.82. The maximum Gasteiger partial charge on any atom is 0.157 e. The van der Waals surface area contributed by atoms with E-state index in [1.54, 1.807) is 0 Å². The number of amidine groups is 1. The van der Waals surface area contributed by atoms with Crippen LogP contribution in [0, 0.1) is 11.8 Å². The van der Waals surface area contributed by atoms with Crippen LogP contribution >= 0.6 is 11.8 Å². The molecule has 1 fully saturated rings. The molecule has 1 aliphatic carbocycles. The van der Waals surface area contributed by atoms with Crippen LogP contribution in [0.4, 0.5) is 0 Å². The lowest BCUT2D eigenvalue weighted by Gasteiger charge is -2.33. The summed E-state index contributed by atoms with van der Waals surface area (Å²) in [5.41, 5.74) is 0. The Kier molecular flexibility index (Phi) is 4.78. The molecule has 1 heterocycles. The number of nitrogens with zero attached hydrogens (tertiary/aromatic N) is 1. The Morgan fingerprint density at radius 1 is 1.35 bits per heavy atom. The van der Waals surface area contributed by atoms with Gasteiger partial charge in [0.1, 0.15) is 0 Å². The van der Waals surface area contributed by atoms with E-state index < -0.39 is 0 Å². The second kappa shape index (κ2) is 6.12. The van der Waals surface area contributed by atoms with Crippen LogP contribution in [0.25, 0.3) is 0 Å². The molecule has 0 amide bonds. The van der Waals surface area contributed by atoms with E-state index in [-0.39, 0.29) is 0 Å². The van der Waals surface area contributed by atoms with Crippen molar-refractivity contribution in [1.29, 1.82) is 0 Å². The van der Waals surface area contributed by atoms with Crippen molar-refractivity contribution in [2.75, 3.05) is 6.54 Å². The zero-order chi connectivity index (χ0) is 12.3. The molecule has 2 rings (SSSR count). The highest BCUT2D eigenvalue weighted by atomic mass is 32.2. The standard InChI is InChI=1S/C14H26N2S/c1-4-5-12-9-15-14(17-12)16-13-7-6-10(2)8-11(13)3/h10-13H,4-9H2,1-3H3,(H,15,16). The molecule has 1 N–H and O–H groups in total. The summed E-state index contributed by atoms with van der Waals surface area (Å²) in [6.07, 6.45) is 6.64. The van der Waals surface area contributed by atoms with Gasteiger partial charge in [-0.25, -0.2) is 0 Å². The van der Waals surface area contributed by atoms with Crippen molar-refractivity contribution in [3.8, 4) is 0 Å². The average molecular weight is 254 g/mol. The van der Waals surface area contributed by atoms with Gasteiger partial charge >= 0.3 is 0 Å². The van der Waals surface area contributed by atoms with Gasteiger partial charge in [-0.15, -0.1) is 0 Å². The van der Waals surface area contributed by atoms with Crippen LogP contribution in [0.2, 0.25) is 0 Å². The van der Waals surface area contributed by atoms with Gasteiger partial charge in [0.05, 0.1) is 6.54 Å². The molecule has 4 unspecified atom stereocenters. The third-order valence-electron chi connectivity index (χ3n) is 4.07. The van der Waals surface area contributed by atoms with E-state index >= 15 is 0 Å². The molecule has 0 aromatic carbocycles. The van der Waals surface area contributed by atoms with Gasteiger partial charge in [-0.3, -0.25) is 4.99 Å². The summed E-state index contributed by atoms with van der Waals surface area (Å²) in [5, 5.41) is 5.64. The Morgan fingerprint density at radius 2 is 2.18 bits per heavy atom. The Hall–Kier alpha value is -0.180. The van der Waals surface area contributed by atoms with E-state index in [9.17, 15) is 0 Å². The van der Waals surface area contributed by atoms with E-state index in [0.717, 1.165) is 23.6 Å². The Morgan fingerprint density at radius 3 is 2.88 bits per heavy atom. The summed E-state index contributed by atoms with van der Waals surface area (Å²) in [7, 11) is 0. The largest absolute Gasteiger partial charge is 0.362 e. The zero-order valence-corrected chi connectivity index (χ0v) is 12.2. The van der Waals surface area contributed by atoms with Crippen molar-refractivity contribution in [3.63, 3.8) is 0 Å². The van der Waals surface area contributed by atoms with Crippen LogP contribution in [0.5, 0.6) is 0 Å². The Labute approximate surface area is 110 Å². The molecular weight excluding hydrogens is 228 g/mol. The fourth-order valence-electron chi connectivity index (χ4n) is 3.01. The van der Waals surface area contributed by atoms with Crippen molar-refractivity contribution >= 4 is 16.9 Å². The Balaban J connectivity index is 1.78. The van der Waals surface area contributed by atoms with E-state index in [0.29, 0.717) is 6.04 Å². The van der Waals surface area contributed by atoms with E-state index in [2.05, 4.69) is 31.1 Å². The summed E-state index contributed by atoms with van der Waals surface area (Å²) in [5.74, 6) is 1.71. The van der Waals surface area contributed by atoms with Gasteiger partial charge in [0.2, 0.25) is 0 Å². The topological polar surface area (TPSA) is 24.4 Å². The van der Waals surface area contributed by atoms with Gasteiger partial charge < -0.3 is 5.32 Å². The van der Waals surface area contributed by atoms with Crippen molar-refractivity contribution < 1.29 is 0 Å². The normalized spacial score (nSPS) is 37.9. The van der Waals surface area contributed by atoms with Crippen molar-refractivity contribution in [2.24, 2.45) is 16.8 Å². The van der Waals surface area contributed by atoms with Crippen LogP contribution in [-0.4, -0.2) is 23.0 Å². The van der Waals surface area contributed by atoms with Crippen LogP contribution in [0.3, 0.4) is 0 Å². The fraction of sp³-hybridized carbons (Fsp3) is 0.929. The maximum atomic E-state index is 4.65. The molecule has 98 valence electrons. The monoisotopic (exact) mass is 254 g/mol. The van der Waals surface area contributed by atoms with Gasteiger partial charge in [-0.2, -0.15) is 0 Å². The molecule has 1 aliphatic heterocycles. The van der Waals surface area contributed by atoms with Gasteiger partial charge in [-0.1, -0.05) is 39.0 Å². The minimum atomic E-state index is 0.665. The molecule has 1 saturated carbocycles. The third-order valence-corrected chi connectivity index (χ3v) is 5.26. The van der Waals surface area contributed by atoms with Crippen molar-refractivity contribution in [2.45, 2.75) is 64.2 Å². The summed E-state index contributed by atoms with van der Waals surface area (Å²) in [6.45, 7) is 8.05. The zero-order valence-electron chi connectivity index (χ0n) is 11.4. The predicted octanol–water partition coefficient (Wildman–Crippen LogP) is 3.67. The molecular formula is C14H26N2S. The summed E-state index contributed by atoms with van der Waals surface area (Å²) in [4.78, 5) is 4.65. The second-order valence-corrected chi connectivity index (χ2v) is 7.11. The molecule has 0 radical (unpaired) electrons. The fourth-order valence-corrected chi connectivity index (χ4v) is 4.19. The molecule has 0 bridgehead atoms. The first-order chi connectivity index (χ1) is 8.19. The van der Waals surface area contributed by atoms with E-state index in [1.165, 1.54) is 37.3 Å². The molecule has 0 spiro atoms. The molecule has 0 aromatic heterocycles. The van der Waals surface area contributed by atoms with E-state index in [1.807, 2.05) is 11.8 Å². The summed E-state index contributed by atoms with van der Waals surface area (Å²) < 4.78 is 0. The first kappa shape index (κ1) is 13.3. The molecule has 2 nitrogen and oxygen atoms in total. The van der Waals surface area contributed by atoms with Crippen molar-refractivity contribution in [3.05, 3.63) is 0 Å². The first-order valence-corrected chi connectivity index (χ1v) is 8.04. The lowest BCUT2D eigenvalue weighted by molar-refractivity contribution is 0.248. The summed E-state index contributed by atoms with van der Waals surface area (Å²) in [6, 6.07) is 0.665. The van der Waals surface area contributed by atoms with Gasteiger partial charge in [-0.05, 0) is 37.5 Å². The Bertz CT molecular complexity index is 277. The smallest absolute Gasteiger partial charge is 0.157 e. The van der Waals surface area contributed by atoms with Crippen LogP contribution in [0.1, 0.15) is 52.9 Å². The van der Waals surface area contributed by atoms with Crippen LogP contribution in [0.15, 0.2) is 4.99 Å².